The summed E-state index contributed by atoms with van der Waals surface area (Å²) in [6.07, 6.45) is 0. The third-order valence-corrected chi connectivity index (χ3v) is 2.73. The van der Waals surface area contributed by atoms with Crippen molar-refractivity contribution in [2.45, 2.75) is 13.8 Å². The zero-order valence-electron chi connectivity index (χ0n) is 6.83. The number of carbonyl (C=O) groups is 1. The molecule has 2 unspecified atom stereocenters. The first-order valence-electron chi connectivity index (χ1n) is 3.49. The first-order chi connectivity index (χ1) is 5.45. The minimum Gasteiger partial charge on any atom is -0.480 e. The van der Waals surface area contributed by atoms with Crippen LogP contribution in [0.4, 0.5) is 0 Å². The Labute approximate surface area is 70.0 Å². The minimum atomic E-state index is -1.48. The molecule has 0 amide bonds. The summed E-state index contributed by atoms with van der Waals surface area (Å²) in [4.78, 5) is 10.7. The number of nitrogens with zero attached hydrogens (tertiary/aromatic N) is 2. The number of hydrogen-bond donors (Lipinski definition) is 1. The van der Waals surface area contributed by atoms with Crippen molar-refractivity contribution < 1.29 is 9.90 Å². The molecule has 2 atom stereocenters. The molecule has 0 aromatic rings. The Balaban J connectivity index is 3.15. The van der Waals surface area contributed by atoms with E-state index >= 15 is 0 Å². The van der Waals surface area contributed by atoms with Crippen LogP contribution in [0.1, 0.15) is 13.8 Å². The number of hydrogen-bond acceptors (Lipinski definition) is 3. The molecule has 0 radical (unpaired) electrons. The van der Waals surface area contributed by atoms with Gasteiger partial charge in [0.1, 0.15) is 0 Å². The number of carboxylic acids is 1. The number of aliphatic carboxylic acids is 1. The molecule has 0 aromatic carbocycles. The maximum Gasteiger partial charge on any atom is 0.326 e. The average Bonchev–Trinajstić information content (AvgIpc) is 2.47. The molecule has 62 valence electrons. The van der Waals surface area contributed by atoms with Crippen molar-refractivity contribution in [3.05, 3.63) is 0 Å². The minimum absolute atomic E-state index is 0.688. The van der Waals surface area contributed by atoms with Crippen molar-refractivity contribution in [3.8, 4) is 12.1 Å². The van der Waals surface area contributed by atoms with Crippen LogP contribution in [0, 0.1) is 39.4 Å². The molecule has 0 heterocycles. The molecule has 0 saturated heterocycles. The maximum atomic E-state index is 10.7. The third-order valence-electron chi connectivity index (χ3n) is 2.73. The van der Waals surface area contributed by atoms with Crippen molar-refractivity contribution in [1.29, 1.82) is 10.5 Å². The molecule has 1 N–H and O–H groups in total. The highest BCUT2D eigenvalue weighted by Crippen LogP contribution is 2.68. The van der Waals surface area contributed by atoms with Gasteiger partial charge in [-0.1, -0.05) is 13.8 Å². The second kappa shape index (κ2) is 1.98. The number of nitriles is 2. The summed E-state index contributed by atoms with van der Waals surface area (Å²) < 4.78 is 0. The molecule has 4 heteroatoms. The maximum absolute atomic E-state index is 10.7. The third kappa shape index (κ3) is 0.579. The molecule has 1 rings (SSSR count). The Kier molecular flexibility index (Phi) is 1.41. The molecule has 1 fully saturated rings. The monoisotopic (exact) mass is 164 g/mol. The second-order valence-electron chi connectivity index (χ2n) is 3.51. The normalized spacial score (nSPS) is 36.2. The molecule has 0 spiro atoms. The van der Waals surface area contributed by atoms with E-state index in [2.05, 4.69) is 0 Å². The standard InChI is InChI=1S/C8H8N2O2/c1-7(2)5(3-9)8(7,4-10)6(11)12/h5H,1-2H3,(H,11,12). The van der Waals surface area contributed by atoms with Gasteiger partial charge in [0.05, 0.1) is 18.1 Å². The van der Waals surface area contributed by atoms with Gasteiger partial charge < -0.3 is 5.11 Å². The SMILES string of the molecule is CC1(C)C(C#N)C1(C#N)C(=O)O. The summed E-state index contributed by atoms with van der Waals surface area (Å²) in [5.74, 6) is -1.88. The van der Waals surface area contributed by atoms with Crippen LogP contribution >= 0.6 is 0 Å². The zero-order valence-corrected chi connectivity index (χ0v) is 6.83. The fourth-order valence-corrected chi connectivity index (χ4v) is 1.68. The smallest absolute Gasteiger partial charge is 0.326 e. The highest BCUT2D eigenvalue weighted by Gasteiger charge is 2.78. The summed E-state index contributed by atoms with van der Waals surface area (Å²) in [7, 11) is 0. The van der Waals surface area contributed by atoms with E-state index in [0.29, 0.717) is 0 Å². The van der Waals surface area contributed by atoms with Crippen molar-refractivity contribution in [2.24, 2.45) is 16.7 Å². The first-order valence-corrected chi connectivity index (χ1v) is 3.49. The van der Waals surface area contributed by atoms with Gasteiger partial charge in [0, 0.05) is 5.41 Å². The zero-order chi connectivity index (χ0) is 9.57. The van der Waals surface area contributed by atoms with E-state index in [1.54, 1.807) is 19.9 Å². The highest BCUT2D eigenvalue weighted by atomic mass is 16.4. The number of carboxylic acid groups (broad SMARTS) is 1. The van der Waals surface area contributed by atoms with Crippen molar-refractivity contribution in [1.82, 2.24) is 0 Å². The van der Waals surface area contributed by atoms with E-state index in [4.69, 9.17) is 15.6 Å². The Hall–Kier alpha value is -1.55. The van der Waals surface area contributed by atoms with E-state index in [-0.39, 0.29) is 0 Å². The molecule has 0 aromatic heterocycles. The average molecular weight is 164 g/mol. The first kappa shape index (κ1) is 8.55. The lowest BCUT2D eigenvalue weighted by atomic mass is 9.98. The van der Waals surface area contributed by atoms with Gasteiger partial charge in [0.15, 0.2) is 5.41 Å². The van der Waals surface area contributed by atoms with Crippen molar-refractivity contribution >= 4 is 5.97 Å². The Bertz CT molecular complexity index is 321. The second-order valence-corrected chi connectivity index (χ2v) is 3.51. The van der Waals surface area contributed by atoms with Crippen LogP contribution in [0.25, 0.3) is 0 Å². The van der Waals surface area contributed by atoms with Gasteiger partial charge in [0.2, 0.25) is 0 Å². The van der Waals surface area contributed by atoms with E-state index in [9.17, 15) is 4.79 Å². The summed E-state index contributed by atoms with van der Waals surface area (Å²) >= 11 is 0. The Morgan fingerprint density at radius 3 is 2.08 bits per heavy atom. The fraction of sp³-hybridized carbons (Fsp3) is 0.625. The van der Waals surface area contributed by atoms with E-state index in [1.807, 2.05) is 6.07 Å². The van der Waals surface area contributed by atoms with Gasteiger partial charge in [-0.05, 0) is 0 Å². The van der Waals surface area contributed by atoms with Crippen LogP contribution in [0.5, 0.6) is 0 Å². The van der Waals surface area contributed by atoms with Gasteiger partial charge in [-0.25, -0.2) is 0 Å². The van der Waals surface area contributed by atoms with E-state index in [1.165, 1.54) is 0 Å². The summed E-state index contributed by atoms with van der Waals surface area (Å²) in [6, 6.07) is 3.57. The Morgan fingerprint density at radius 1 is 1.50 bits per heavy atom. The molecule has 12 heavy (non-hydrogen) atoms. The van der Waals surface area contributed by atoms with Gasteiger partial charge in [-0.15, -0.1) is 0 Å². The predicted molar refractivity (Wildman–Crippen MR) is 38.6 cm³/mol. The lowest BCUT2D eigenvalue weighted by Crippen LogP contribution is -2.19. The lowest BCUT2D eigenvalue weighted by molar-refractivity contribution is -0.142. The quantitative estimate of drug-likeness (QED) is 0.620. The molecule has 4 nitrogen and oxygen atoms in total. The van der Waals surface area contributed by atoms with E-state index in [0.717, 1.165) is 0 Å². The largest absolute Gasteiger partial charge is 0.480 e. The lowest BCUT2D eigenvalue weighted by Gasteiger charge is -2.02. The fourth-order valence-electron chi connectivity index (χ4n) is 1.68. The molecule has 0 aliphatic heterocycles. The molecule has 0 bridgehead atoms. The van der Waals surface area contributed by atoms with Crippen LogP contribution in [-0.4, -0.2) is 11.1 Å². The van der Waals surface area contributed by atoms with Crippen LogP contribution in [-0.2, 0) is 4.79 Å². The predicted octanol–water partition coefficient (Wildman–Crippen LogP) is 0.761. The highest BCUT2D eigenvalue weighted by molar-refractivity contribution is 5.85. The van der Waals surface area contributed by atoms with E-state index < -0.39 is 22.7 Å². The van der Waals surface area contributed by atoms with Gasteiger partial charge in [-0.2, -0.15) is 10.5 Å². The van der Waals surface area contributed by atoms with Gasteiger partial charge >= 0.3 is 5.97 Å². The van der Waals surface area contributed by atoms with Crippen LogP contribution in [0.2, 0.25) is 0 Å². The molecular formula is C8H8N2O2. The van der Waals surface area contributed by atoms with Gasteiger partial charge in [-0.3, -0.25) is 4.79 Å². The van der Waals surface area contributed by atoms with Crippen molar-refractivity contribution in [2.75, 3.05) is 0 Å². The topological polar surface area (TPSA) is 84.9 Å². The molecule has 1 aliphatic rings. The van der Waals surface area contributed by atoms with Gasteiger partial charge in [0.25, 0.3) is 0 Å². The van der Waals surface area contributed by atoms with Crippen LogP contribution < -0.4 is 0 Å². The van der Waals surface area contributed by atoms with Crippen LogP contribution in [0.3, 0.4) is 0 Å². The molecule has 1 aliphatic carbocycles. The summed E-state index contributed by atoms with van der Waals surface area (Å²) in [6.45, 7) is 3.25. The summed E-state index contributed by atoms with van der Waals surface area (Å²) in [5, 5.41) is 26.0. The van der Waals surface area contributed by atoms with Crippen molar-refractivity contribution in [3.63, 3.8) is 0 Å². The molecular weight excluding hydrogens is 156 g/mol. The van der Waals surface area contributed by atoms with Crippen LogP contribution in [0.15, 0.2) is 0 Å². The molecule has 1 saturated carbocycles. The number of rotatable bonds is 1. The summed E-state index contributed by atoms with van der Waals surface area (Å²) in [5.41, 5.74) is -2.20. The Morgan fingerprint density at radius 2 is 2.00 bits per heavy atom.